The molecule has 24 heavy (non-hydrogen) atoms. The molecule has 0 saturated heterocycles. The van der Waals surface area contributed by atoms with Crippen LogP contribution < -0.4 is 5.32 Å². The summed E-state index contributed by atoms with van der Waals surface area (Å²) in [5, 5.41) is 10.0. The van der Waals surface area contributed by atoms with Gasteiger partial charge in [0.05, 0.1) is 6.54 Å². The van der Waals surface area contributed by atoms with Gasteiger partial charge in [0.1, 0.15) is 0 Å². The average molecular weight is 337 g/mol. The molecule has 0 bridgehead atoms. The topological polar surface area (TPSA) is 63.1 Å². The first-order chi connectivity index (χ1) is 11.4. The Labute approximate surface area is 135 Å². The van der Waals surface area contributed by atoms with Crippen molar-refractivity contribution in [2.75, 3.05) is 18.4 Å². The maximum atomic E-state index is 12.8. The standard InChI is InChI=1S/C15H14F3N5O/c16-15(17,18)14-21-20-12-8-22(5-6-23(12)14)13(24)10-1-2-11-9(7-10)3-4-19-11/h1-2,7,19H,3-6,8H2. The molecule has 6 nitrogen and oxygen atoms in total. The Kier molecular flexibility index (Phi) is 3.26. The van der Waals surface area contributed by atoms with Gasteiger partial charge in [-0.25, -0.2) is 0 Å². The zero-order valence-electron chi connectivity index (χ0n) is 12.6. The van der Waals surface area contributed by atoms with Crippen LogP contribution in [-0.4, -0.2) is 38.7 Å². The number of nitrogens with one attached hydrogen (secondary N) is 1. The van der Waals surface area contributed by atoms with Crippen molar-refractivity contribution in [3.8, 4) is 0 Å². The summed E-state index contributed by atoms with van der Waals surface area (Å²) in [7, 11) is 0. The highest BCUT2D eigenvalue weighted by Gasteiger charge is 2.40. The van der Waals surface area contributed by atoms with Crippen molar-refractivity contribution in [1.82, 2.24) is 19.7 Å². The summed E-state index contributed by atoms with van der Waals surface area (Å²) >= 11 is 0. The van der Waals surface area contributed by atoms with Crippen molar-refractivity contribution in [2.24, 2.45) is 0 Å². The first-order valence-corrected chi connectivity index (χ1v) is 7.59. The van der Waals surface area contributed by atoms with E-state index in [4.69, 9.17) is 0 Å². The van der Waals surface area contributed by atoms with Gasteiger partial charge in [0.2, 0.25) is 5.82 Å². The Balaban J connectivity index is 1.56. The lowest BCUT2D eigenvalue weighted by Gasteiger charge is -2.28. The van der Waals surface area contributed by atoms with Crippen LogP contribution in [0.2, 0.25) is 0 Å². The second-order valence-corrected chi connectivity index (χ2v) is 5.86. The van der Waals surface area contributed by atoms with E-state index in [0.29, 0.717) is 5.56 Å². The van der Waals surface area contributed by atoms with Crippen molar-refractivity contribution in [2.45, 2.75) is 25.7 Å². The van der Waals surface area contributed by atoms with Crippen LogP contribution >= 0.6 is 0 Å². The van der Waals surface area contributed by atoms with Crippen molar-refractivity contribution >= 4 is 11.6 Å². The normalized spacial score (nSPS) is 16.5. The first kappa shape index (κ1) is 15.0. The summed E-state index contributed by atoms with van der Waals surface area (Å²) in [6, 6.07) is 5.45. The molecule has 0 atom stereocenters. The lowest BCUT2D eigenvalue weighted by atomic mass is 10.1. The van der Waals surface area contributed by atoms with Gasteiger partial charge in [0, 0.05) is 30.9 Å². The monoisotopic (exact) mass is 337 g/mol. The largest absolute Gasteiger partial charge is 0.451 e. The predicted octanol–water partition coefficient (Wildman–Crippen LogP) is 1.92. The van der Waals surface area contributed by atoms with E-state index in [1.54, 1.807) is 6.07 Å². The zero-order chi connectivity index (χ0) is 16.9. The van der Waals surface area contributed by atoms with Gasteiger partial charge in [-0.3, -0.25) is 4.79 Å². The quantitative estimate of drug-likeness (QED) is 0.864. The maximum absolute atomic E-state index is 12.8. The van der Waals surface area contributed by atoms with E-state index in [1.165, 1.54) is 4.90 Å². The second-order valence-electron chi connectivity index (χ2n) is 5.86. The number of hydrogen-bond acceptors (Lipinski definition) is 4. The van der Waals surface area contributed by atoms with Crippen LogP contribution in [0.4, 0.5) is 18.9 Å². The third-order valence-electron chi connectivity index (χ3n) is 4.36. The van der Waals surface area contributed by atoms with Crippen LogP contribution in [0.5, 0.6) is 0 Å². The molecule has 1 N–H and O–H groups in total. The molecule has 0 fully saturated rings. The van der Waals surface area contributed by atoms with Crippen LogP contribution in [0.1, 0.15) is 27.6 Å². The first-order valence-electron chi connectivity index (χ1n) is 7.59. The Morgan fingerprint density at radius 3 is 2.83 bits per heavy atom. The molecule has 1 aromatic carbocycles. The Hall–Kier alpha value is -2.58. The molecular weight excluding hydrogens is 323 g/mol. The van der Waals surface area contributed by atoms with E-state index in [2.05, 4.69) is 15.5 Å². The van der Waals surface area contributed by atoms with Gasteiger partial charge in [0.25, 0.3) is 5.91 Å². The molecule has 9 heteroatoms. The molecule has 0 aliphatic carbocycles. The summed E-state index contributed by atoms with van der Waals surface area (Å²) in [4.78, 5) is 14.1. The van der Waals surface area contributed by atoms with Crippen LogP contribution in [0.15, 0.2) is 18.2 Å². The van der Waals surface area contributed by atoms with Crippen LogP contribution in [0.25, 0.3) is 0 Å². The number of aromatic nitrogens is 3. The minimum absolute atomic E-state index is 0.0250. The summed E-state index contributed by atoms with van der Waals surface area (Å²) in [5.74, 6) is -1.05. The minimum atomic E-state index is -4.54. The van der Waals surface area contributed by atoms with Crippen LogP contribution in [0.3, 0.4) is 0 Å². The van der Waals surface area contributed by atoms with Gasteiger partial charge in [-0.05, 0) is 30.2 Å². The van der Waals surface area contributed by atoms with Crippen molar-refractivity contribution in [3.05, 3.63) is 41.0 Å². The molecule has 3 heterocycles. The van der Waals surface area contributed by atoms with Gasteiger partial charge < -0.3 is 14.8 Å². The molecule has 2 aromatic rings. The molecule has 126 valence electrons. The number of nitrogens with zero attached hydrogens (tertiary/aromatic N) is 4. The van der Waals surface area contributed by atoms with E-state index in [1.807, 2.05) is 12.1 Å². The zero-order valence-corrected chi connectivity index (χ0v) is 12.6. The van der Waals surface area contributed by atoms with E-state index >= 15 is 0 Å². The van der Waals surface area contributed by atoms with Gasteiger partial charge in [-0.15, -0.1) is 10.2 Å². The number of benzene rings is 1. The molecule has 0 spiro atoms. The number of carbonyl (C=O) groups excluding carboxylic acids is 1. The summed E-state index contributed by atoms with van der Waals surface area (Å²) in [6.45, 7) is 1.11. The van der Waals surface area contributed by atoms with E-state index in [0.717, 1.165) is 28.8 Å². The Morgan fingerprint density at radius 1 is 1.21 bits per heavy atom. The SMILES string of the molecule is O=C(c1ccc2c(c1)CCN2)N1CCn2c(nnc2C(F)(F)F)C1. The average Bonchev–Trinajstić information content (AvgIpc) is 3.18. The van der Waals surface area contributed by atoms with Crippen molar-refractivity contribution in [3.63, 3.8) is 0 Å². The molecule has 0 saturated carbocycles. The molecule has 1 amide bonds. The van der Waals surface area contributed by atoms with Crippen molar-refractivity contribution < 1.29 is 18.0 Å². The highest BCUT2D eigenvalue weighted by atomic mass is 19.4. The number of halogens is 3. The maximum Gasteiger partial charge on any atom is 0.451 e. The number of rotatable bonds is 1. The van der Waals surface area contributed by atoms with Gasteiger partial charge in [-0.2, -0.15) is 13.2 Å². The summed E-state index contributed by atoms with van der Waals surface area (Å²) in [5.41, 5.74) is 2.65. The van der Waals surface area contributed by atoms with Gasteiger partial charge in [-0.1, -0.05) is 0 Å². The third kappa shape index (κ3) is 2.40. The summed E-state index contributed by atoms with van der Waals surface area (Å²) in [6.07, 6.45) is -3.68. The lowest BCUT2D eigenvalue weighted by Crippen LogP contribution is -2.39. The van der Waals surface area contributed by atoms with E-state index < -0.39 is 12.0 Å². The van der Waals surface area contributed by atoms with Gasteiger partial charge >= 0.3 is 6.18 Å². The lowest BCUT2D eigenvalue weighted by molar-refractivity contribution is -0.147. The number of fused-ring (bicyclic) bond motifs is 2. The molecule has 0 radical (unpaired) electrons. The van der Waals surface area contributed by atoms with E-state index in [9.17, 15) is 18.0 Å². The van der Waals surface area contributed by atoms with Gasteiger partial charge in [0.15, 0.2) is 5.82 Å². The minimum Gasteiger partial charge on any atom is -0.384 e. The molecule has 1 aromatic heterocycles. The fourth-order valence-corrected chi connectivity index (χ4v) is 3.16. The Bertz CT molecular complexity index is 814. The summed E-state index contributed by atoms with van der Waals surface area (Å²) < 4.78 is 39.6. The highest BCUT2D eigenvalue weighted by molar-refractivity contribution is 5.95. The molecule has 4 rings (SSSR count). The number of anilines is 1. The highest BCUT2D eigenvalue weighted by Crippen LogP contribution is 2.30. The fraction of sp³-hybridized carbons (Fsp3) is 0.400. The van der Waals surface area contributed by atoms with Crippen molar-refractivity contribution in [1.29, 1.82) is 0 Å². The smallest absolute Gasteiger partial charge is 0.384 e. The number of carbonyl (C=O) groups is 1. The second kappa shape index (κ2) is 5.22. The van der Waals surface area contributed by atoms with Crippen LogP contribution in [0, 0.1) is 0 Å². The number of amides is 1. The number of alkyl halides is 3. The number of hydrogen-bond donors (Lipinski definition) is 1. The molecule has 0 unspecified atom stereocenters. The molecular formula is C15H14F3N5O. The van der Waals surface area contributed by atoms with Crippen LogP contribution in [-0.2, 0) is 25.7 Å². The Morgan fingerprint density at radius 2 is 2.04 bits per heavy atom. The fourth-order valence-electron chi connectivity index (χ4n) is 3.16. The molecule has 2 aliphatic heterocycles. The third-order valence-corrected chi connectivity index (χ3v) is 4.36. The predicted molar refractivity (Wildman–Crippen MR) is 78.4 cm³/mol. The van der Waals surface area contributed by atoms with E-state index in [-0.39, 0.29) is 31.4 Å². The molecule has 2 aliphatic rings.